The van der Waals surface area contributed by atoms with Crippen LogP contribution in [0.3, 0.4) is 0 Å². The molecule has 0 bridgehead atoms. The maximum atomic E-state index is 12.5. The van der Waals surface area contributed by atoms with Crippen molar-refractivity contribution in [3.05, 3.63) is 83.9 Å². The second-order valence-corrected chi connectivity index (χ2v) is 9.77. The predicted octanol–water partition coefficient (Wildman–Crippen LogP) is 4.15. The number of hydrogen-bond donors (Lipinski definition) is 3. The van der Waals surface area contributed by atoms with E-state index in [2.05, 4.69) is 20.3 Å². The molecule has 1 amide bonds. The molecule has 3 aromatic carbocycles. The fraction of sp³-hybridized carbons (Fsp3) is 0.0455. The molecule has 0 fully saturated rings. The van der Waals surface area contributed by atoms with Gasteiger partial charge in [0, 0.05) is 17.3 Å². The SMILES string of the molecule is O=C(Cc1cccc2ccccc12)NC(=S)Nc1ccc(S(=O)(=O)Nc2nccs2)cc1. The van der Waals surface area contributed by atoms with Gasteiger partial charge in [0.2, 0.25) is 5.91 Å². The summed E-state index contributed by atoms with van der Waals surface area (Å²) in [7, 11) is -3.73. The van der Waals surface area contributed by atoms with Crippen molar-refractivity contribution in [2.45, 2.75) is 11.3 Å². The Labute approximate surface area is 194 Å². The lowest BCUT2D eigenvalue weighted by Gasteiger charge is -2.11. The van der Waals surface area contributed by atoms with Crippen LogP contribution in [0.5, 0.6) is 0 Å². The van der Waals surface area contributed by atoms with Crippen LogP contribution in [0, 0.1) is 0 Å². The maximum Gasteiger partial charge on any atom is 0.263 e. The van der Waals surface area contributed by atoms with Gasteiger partial charge in [-0.2, -0.15) is 0 Å². The van der Waals surface area contributed by atoms with Crippen molar-refractivity contribution < 1.29 is 13.2 Å². The lowest BCUT2D eigenvalue weighted by atomic mass is 10.0. The van der Waals surface area contributed by atoms with E-state index in [-0.39, 0.29) is 22.3 Å². The zero-order valence-corrected chi connectivity index (χ0v) is 19.1. The normalized spacial score (nSPS) is 11.1. The molecule has 1 aromatic heterocycles. The van der Waals surface area contributed by atoms with Gasteiger partial charge in [0.25, 0.3) is 10.0 Å². The number of benzene rings is 3. The predicted molar refractivity (Wildman–Crippen MR) is 131 cm³/mol. The van der Waals surface area contributed by atoms with Gasteiger partial charge in [0.15, 0.2) is 10.2 Å². The molecular formula is C22H18N4O3S3. The number of thiocarbonyl (C=S) groups is 1. The first-order valence-electron chi connectivity index (χ1n) is 9.50. The Morgan fingerprint density at radius 3 is 2.50 bits per heavy atom. The quantitative estimate of drug-likeness (QED) is 0.357. The summed E-state index contributed by atoms with van der Waals surface area (Å²) < 4.78 is 27.2. The number of rotatable bonds is 6. The number of nitrogens with zero attached hydrogens (tertiary/aromatic N) is 1. The summed E-state index contributed by atoms with van der Waals surface area (Å²) in [6, 6.07) is 19.7. The average molecular weight is 483 g/mol. The van der Waals surface area contributed by atoms with Crippen molar-refractivity contribution >= 4 is 66.2 Å². The summed E-state index contributed by atoms with van der Waals surface area (Å²) in [5, 5.41) is 9.75. The molecule has 0 aliphatic heterocycles. The monoisotopic (exact) mass is 482 g/mol. The fourth-order valence-corrected chi connectivity index (χ4v) is 5.14. The summed E-state index contributed by atoms with van der Waals surface area (Å²) in [4.78, 5) is 16.5. The zero-order chi connectivity index (χ0) is 22.6. The Morgan fingerprint density at radius 2 is 1.75 bits per heavy atom. The van der Waals surface area contributed by atoms with Gasteiger partial charge in [-0.25, -0.2) is 13.4 Å². The topological polar surface area (TPSA) is 100 Å². The van der Waals surface area contributed by atoms with Crippen LogP contribution in [-0.4, -0.2) is 24.4 Å². The molecule has 3 N–H and O–H groups in total. The van der Waals surface area contributed by atoms with E-state index in [1.807, 2.05) is 42.5 Å². The van der Waals surface area contributed by atoms with Gasteiger partial charge in [-0.1, -0.05) is 42.5 Å². The van der Waals surface area contributed by atoms with E-state index in [0.717, 1.165) is 16.3 Å². The molecule has 0 radical (unpaired) electrons. The van der Waals surface area contributed by atoms with Crippen LogP contribution < -0.4 is 15.4 Å². The lowest BCUT2D eigenvalue weighted by molar-refractivity contribution is -0.119. The Balaban J connectivity index is 1.36. The number of carbonyl (C=O) groups is 1. The van der Waals surface area contributed by atoms with Crippen LogP contribution in [-0.2, 0) is 21.2 Å². The first-order valence-corrected chi connectivity index (χ1v) is 12.3. The summed E-state index contributed by atoms with van der Waals surface area (Å²) in [6.45, 7) is 0. The third kappa shape index (κ3) is 5.28. The molecule has 10 heteroatoms. The number of nitrogens with one attached hydrogen (secondary N) is 3. The Kier molecular flexibility index (Phi) is 6.45. The van der Waals surface area contributed by atoms with E-state index in [0.29, 0.717) is 10.8 Å². The molecule has 7 nitrogen and oxygen atoms in total. The van der Waals surface area contributed by atoms with Crippen molar-refractivity contribution in [2.24, 2.45) is 0 Å². The Morgan fingerprint density at radius 1 is 1.00 bits per heavy atom. The number of amides is 1. The summed E-state index contributed by atoms with van der Waals surface area (Å²) in [5.74, 6) is -0.245. The molecule has 32 heavy (non-hydrogen) atoms. The van der Waals surface area contributed by atoms with E-state index in [1.165, 1.54) is 29.7 Å². The second-order valence-electron chi connectivity index (χ2n) is 6.78. The molecule has 1 heterocycles. The zero-order valence-electron chi connectivity index (χ0n) is 16.6. The number of hydrogen-bond acceptors (Lipinski definition) is 6. The molecular weight excluding hydrogens is 464 g/mol. The van der Waals surface area contributed by atoms with Crippen molar-refractivity contribution in [2.75, 3.05) is 10.0 Å². The van der Waals surface area contributed by atoms with E-state index >= 15 is 0 Å². The highest BCUT2D eigenvalue weighted by Gasteiger charge is 2.15. The van der Waals surface area contributed by atoms with Crippen molar-refractivity contribution in [3.63, 3.8) is 0 Å². The van der Waals surface area contributed by atoms with E-state index in [1.54, 1.807) is 17.5 Å². The van der Waals surface area contributed by atoms with Crippen molar-refractivity contribution in [1.29, 1.82) is 0 Å². The standard InChI is InChI=1S/C22H18N4O3S3/c27-20(14-16-6-3-5-15-4-1-2-7-19(15)16)25-21(30)24-17-8-10-18(11-9-17)32(28,29)26-22-23-12-13-31-22/h1-13H,14H2,(H,23,26)(H2,24,25,27,30). The maximum absolute atomic E-state index is 12.5. The molecule has 4 rings (SSSR count). The van der Waals surface area contributed by atoms with Crippen molar-refractivity contribution in [3.8, 4) is 0 Å². The summed E-state index contributed by atoms with van der Waals surface area (Å²) in [5.41, 5.74) is 1.46. The highest BCUT2D eigenvalue weighted by atomic mass is 32.2. The van der Waals surface area contributed by atoms with E-state index in [4.69, 9.17) is 12.2 Å². The van der Waals surface area contributed by atoms with Crippen molar-refractivity contribution in [1.82, 2.24) is 10.3 Å². The number of carbonyl (C=O) groups excluding carboxylic acids is 1. The van der Waals surface area contributed by atoms with Gasteiger partial charge in [0.1, 0.15) is 0 Å². The van der Waals surface area contributed by atoms with Crippen LogP contribution >= 0.6 is 23.6 Å². The van der Waals surface area contributed by atoms with Gasteiger partial charge in [-0.3, -0.25) is 9.52 Å². The summed E-state index contributed by atoms with van der Waals surface area (Å²) in [6.07, 6.45) is 1.70. The Hall–Kier alpha value is -3.34. The molecule has 0 aliphatic carbocycles. The molecule has 0 saturated heterocycles. The van der Waals surface area contributed by atoms with Gasteiger partial charge >= 0.3 is 0 Å². The first kappa shape index (κ1) is 21.9. The number of sulfonamides is 1. The van der Waals surface area contributed by atoms with Gasteiger partial charge in [-0.05, 0) is 52.8 Å². The lowest BCUT2D eigenvalue weighted by Crippen LogP contribution is -2.35. The Bertz CT molecular complexity index is 1360. The molecule has 4 aromatic rings. The third-order valence-corrected chi connectivity index (χ3v) is 6.94. The van der Waals surface area contributed by atoms with Gasteiger partial charge in [0.05, 0.1) is 11.3 Å². The van der Waals surface area contributed by atoms with E-state index in [9.17, 15) is 13.2 Å². The van der Waals surface area contributed by atoms with Crippen LogP contribution in [0.4, 0.5) is 10.8 Å². The molecule has 0 spiro atoms. The molecule has 162 valence electrons. The summed E-state index contributed by atoms with van der Waals surface area (Å²) >= 11 is 6.42. The minimum atomic E-state index is -3.73. The first-order chi connectivity index (χ1) is 15.4. The van der Waals surface area contributed by atoms with Crippen LogP contribution in [0.2, 0.25) is 0 Å². The molecule has 0 unspecified atom stereocenters. The highest BCUT2D eigenvalue weighted by Crippen LogP contribution is 2.20. The number of thiazole rings is 1. The van der Waals surface area contributed by atoms with Crippen LogP contribution in [0.1, 0.15) is 5.56 Å². The average Bonchev–Trinajstić information content (AvgIpc) is 3.26. The largest absolute Gasteiger partial charge is 0.332 e. The van der Waals surface area contributed by atoms with Crippen LogP contribution in [0.25, 0.3) is 10.8 Å². The smallest absolute Gasteiger partial charge is 0.263 e. The number of anilines is 2. The number of fused-ring (bicyclic) bond motifs is 1. The van der Waals surface area contributed by atoms with Gasteiger partial charge < -0.3 is 10.6 Å². The second kappa shape index (κ2) is 9.43. The number of aromatic nitrogens is 1. The minimum absolute atomic E-state index is 0.0872. The van der Waals surface area contributed by atoms with Gasteiger partial charge in [-0.15, -0.1) is 11.3 Å². The minimum Gasteiger partial charge on any atom is -0.332 e. The van der Waals surface area contributed by atoms with E-state index < -0.39 is 10.0 Å². The van der Waals surface area contributed by atoms with Crippen LogP contribution in [0.15, 0.2) is 83.2 Å². The molecule has 0 atom stereocenters. The molecule has 0 aliphatic rings. The molecule has 0 saturated carbocycles. The third-order valence-electron chi connectivity index (χ3n) is 4.56. The highest BCUT2D eigenvalue weighted by molar-refractivity contribution is 7.93. The fourth-order valence-electron chi connectivity index (χ4n) is 3.12.